The van der Waals surface area contributed by atoms with Crippen LogP contribution in [0.3, 0.4) is 0 Å². The summed E-state index contributed by atoms with van der Waals surface area (Å²) >= 11 is 1.57. The van der Waals surface area contributed by atoms with Gasteiger partial charge in [-0.05, 0) is 18.6 Å². The molecule has 2 aromatic heterocycles. The highest BCUT2D eigenvalue weighted by atomic mass is 32.1. The van der Waals surface area contributed by atoms with E-state index in [0.29, 0.717) is 24.2 Å². The van der Waals surface area contributed by atoms with Crippen LogP contribution in [0, 0.1) is 0 Å². The van der Waals surface area contributed by atoms with E-state index in [1.54, 1.807) is 34.5 Å². The first kappa shape index (κ1) is 17.8. The minimum absolute atomic E-state index is 0.236. The van der Waals surface area contributed by atoms with Gasteiger partial charge in [0, 0.05) is 25.0 Å². The lowest BCUT2D eigenvalue weighted by Gasteiger charge is -2.36. The molecule has 1 aliphatic rings. The number of carbonyl (C=O) groups is 1. The molecular weight excluding hydrogens is 364 g/mol. The topological polar surface area (TPSA) is 96.2 Å². The summed E-state index contributed by atoms with van der Waals surface area (Å²) in [7, 11) is 0. The maximum Gasteiger partial charge on any atom is 0.253 e. The number of nitrogens with zero attached hydrogens (tertiary/aromatic N) is 5. The molecule has 2 atom stereocenters. The summed E-state index contributed by atoms with van der Waals surface area (Å²) in [4.78, 5) is 23.3. The average molecular weight is 384 g/mol. The first-order valence-electron chi connectivity index (χ1n) is 8.73. The van der Waals surface area contributed by atoms with Crippen molar-refractivity contribution >= 4 is 17.2 Å². The van der Waals surface area contributed by atoms with Crippen LogP contribution in [0.15, 0.2) is 47.8 Å². The predicted octanol–water partition coefficient (Wildman–Crippen LogP) is 1.09. The minimum atomic E-state index is -0.570. The Bertz CT molecular complexity index is 883. The van der Waals surface area contributed by atoms with Crippen LogP contribution >= 0.6 is 11.3 Å². The molecule has 0 aliphatic carbocycles. The molecule has 3 heterocycles. The van der Waals surface area contributed by atoms with Crippen LogP contribution in [0.2, 0.25) is 0 Å². The molecule has 0 bridgehead atoms. The van der Waals surface area contributed by atoms with Gasteiger partial charge in [0.15, 0.2) is 0 Å². The first-order chi connectivity index (χ1) is 13.2. The van der Waals surface area contributed by atoms with Gasteiger partial charge in [-0.3, -0.25) is 9.69 Å². The SMILES string of the molecule is O=C(N[C@@H]1CN(Cc2cscn2)CC[C@@H]1O)c1ccccc1-n1cncn1. The summed E-state index contributed by atoms with van der Waals surface area (Å²) < 4.78 is 1.56. The molecule has 1 aromatic carbocycles. The number of aliphatic hydroxyl groups excluding tert-OH is 1. The van der Waals surface area contributed by atoms with Crippen molar-refractivity contribution < 1.29 is 9.90 Å². The maximum atomic E-state index is 12.9. The van der Waals surface area contributed by atoms with Gasteiger partial charge in [-0.1, -0.05) is 12.1 Å². The minimum Gasteiger partial charge on any atom is -0.391 e. The van der Waals surface area contributed by atoms with Crippen molar-refractivity contribution in [2.24, 2.45) is 0 Å². The predicted molar refractivity (Wildman–Crippen MR) is 101 cm³/mol. The van der Waals surface area contributed by atoms with E-state index in [0.717, 1.165) is 18.8 Å². The zero-order valence-corrected chi connectivity index (χ0v) is 15.4. The van der Waals surface area contributed by atoms with Crippen molar-refractivity contribution in [2.75, 3.05) is 13.1 Å². The summed E-state index contributed by atoms with van der Waals surface area (Å²) in [6.07, 6.45) is 3.02. The van der Waals surface area contributed by atoms with Gasteiger partial charge in [0.05, 0.1) is 34.6 Å². The molecule has 140 valence electrons. The Morgan fingerprint density at radius 2 is 2.26 bits per heavy atom. The van der Waals surface area contributed by atoms with Crippen molar-refractivity contribution in [3.8, 4) is 5.69 Å². The largest absolute Gasteiger partial charge is 0.391 e. The fourth-order valence-corrected chi connectivity index (χ4v) is 3.83. The van der Waals surface area contributed by atoms with Crippen molar-refractivity contribution in [1.29, 1.82) is 0 Å². The Labute approximate surface area is 160 Å². The molecule has 1 saturated heterocycles. The molecule has 0 radical (unpaired) electrons. The van der Waals surface area contributed by atoms with Crippen LogP contribution in [0.5, 0.6) is 0 Å². The third kappa shape index (κ3) is 4.05. The molecule has 4 rings (SSSR count). The molecule has 27 heavy (non-hydrogen) atoms. The third-order valence-electron chi connectivity index (χ3n) is 4.66. The number of rotatable bonds is 5. The number of thiazole rings is 1. The average Bonchev–Trinajstić information content (AvgIpc) is 3.38. The van der Waals surface area contributed by atoms with Crippen LogP contribution in [0.4, 0.5) is 0 Å². The van der Waals surface area contributed by atoms with E-state index in [2.05, 4.69) is 25.3 Å². The van der Waals surface area contributed by atoms with Gasteiger partial charge < -0.3 is 10.4 Å². The van der Waals surface area contributed by atoms with Gasteiger partial charge in [-0.25, -0.2) is 14.6 Å². The Hall–Kier alpha value is -2.62. The first-order valence-corrected chi connectivity index (χ1v) is 9.67. The smallest absolute Gasteiger partial charge is 0.253 e. The number of hydrogen-bond acceptors (Lipinski definition) is 7. The van der Waals surface area contributed by atoms with Gasteiger partial charge in [0.25, 0.3) is 5.91 Å². The summed E-state index contributed by atoms with van der Waals surface area (Å²) in [5, 5.41) is 19.5. The Morgan fingerprint density at radius 1 is 1.37 bits per heavy atom. The number of aromatic nitrogens is 4. The maximum absolute atomic E-state index is 12.9. The lowest BCUT2D eigenvalue weighted by atomic mass is 10.0. The number of benzene rings is 1. The fourth-order valence-electron chi connectivity index (χ4n) is 3.28. The fraction of sp³-hybridized carbons (Fsp3) is 0.333. The van der Waals surface area contributed by atoms with E-state index in [1.807, 2.05) is 23.0 Å². The molecular formula is C18H20N6O2S. The van der Waals surface area contributed by atoms with Crippen molar-refractivity contribution in [3.63, 3.8) is 0 Å². The molecule has 3 aromatic rings. The summed E-state index contributed by atoms with van der Waals surface area (Å²) in [6.45, 7) is 2.08. The molecule has 0 saturated carbocycles. The molecule has 1 fully saturated rings. The number of amides is 1. The van der Waals surface area contributed by atoms with E-state index in [1.165, 1.54) is 6.33 Å². The highest BCUT2D eigenvalue weighted by Crippen LogP contribution is 2.17. The van der Waals surface area contributed by atoms with Gasteiger partial charge in [-0.2, -0.15) is 5.10 Å². The second-order valence-corrected chi connectivity index (χ2v) is 7.23. The van der Waals surface area contributed by atoms with Crippen molar-refractivity contribution in [2.45, 2.75) is 25.1 Å². The number of piperidine rings is 1. The van der Waals surface area contributed by atoms with Gasteiger partial charge in [0.1, 0.15) is 12.7 Å². The molecule has 1 aliphatic heterocycles. The number of hydrogen-bond donors (Lipinski definition) is 2. The van der Waals surface area contributed by atoms with Crippen molar-refractivity contribution in [1.82, 2.24) is 30.0 Å². The van der Waals surface area contributed by atoms with Crippen molar-refractivity contribution in [3.05, 3.63) is 59.1 Å². The molecule has 2 N–H and O–H groups in total. The molecule has 9 heteroatoms. The number of likely N-dealkylation sites (tertiary alicyclic amines) is 1. The Kier molecular flexibility index (Phi) is 5.23. The van der Waals surface area contributed by atoms with Gasteiger partial charge in [-0.15, -0.1) is 11.3 Å². The molecule has 0 unspecified atom stereocenters. The highest BCUT2D eigenvalue weighted by Gasteiger charge is 2.30. The highest BCUT2D eigenvalue weighted by molar-refractivity contribution is 7.07. The number of para-hydroxylation sites is 1. The standard InChI is InChI=1S/C18H20N6O2S/c25-17-5-6-23(7-13-9-27-12-20-13)8-15(17)22-18(26)14-3-1-2-4-16(14)24-11-19-10-21-24/h1-4,9-12,15,17,25H,5-8H2,(H,22,26)/t15-,17+/m1/s1. The number of carbonyl (C=O) groups excluding carboxylic acids is 1. The summed E-state index contributed by atoms with van der Waals surface area (Å²) in [6, 6.07) is 6.87. The second-order valence-electron chi connectivity index (χ2n) is 6.51. The second kappa shape index (κ2) is 7.95. The summed E-state index contributed by atoms with van der Waals surface area (Å²) in [5.41, 5.74) is 3.97. The van der Waals surface area contributed by atoms with E-state index < -0.39 is 6.10 Å². The van der Waals surface area contributed by atoms with Gasteiger partial charge >= 0.3 is 0 Å². The Balaban J connectivity index is 1.47. The van der Waals surface area contributed by atoms with Crippen LogP contribution in [-0.4, -0.2) is 60.9 Å². The Morgan fingerprint density at radius 3 is 3.04 bits per heavy atom. The monoisotopic (exact) mass is 384 g/mol. The normalized spacial score (nSPS) is 20.5. The van der Waals surface area contributed by atoms with Crippen LogP contribution in [0.25, 0.3) is 5.69 Å². The number of aliphatic hydroxyl groups is 1. The van der Waals surface area contributed by atoms with Crippen LogP contribution in [-0.2, 0) is 6.54 Å². The zero-order chi connectivity index (χ0) is 18.6. The lowest BCUT2D eigenvalue weighted by molar-refractivity contribution is 0.0407. The van der Waals surface area contributed by atoms with Gasteiger partial charge in [0.2, 0.25) is 0 Å². The lowest BCUT2D eigenvalue weighted by Crippen LogP contribution is -2.54. The quantitative estimate of drug-likeness (QED) is 0.684. The van der Waals surface area contributed by atoms with E-state index in [9.17, 15) is 9.90 Å². The molecule has 8 nitrogen and oxygen atoms in total. The molecule has 0 spiro atoms. The van der Waals surface area contributed by atoms with Crippen LogP contribution < -0.4 is 5.32 Å². The zero-order valence-electron chi connectivity index (χ0n) is 14.6. The van der Waals surface area contributed by atoms with E-state index in [4.69, 9.17) is 0 Å². The van der Waals surface area contributed by atoms with E-state index in [-0.39, 0.29) is 11.9 Å². The molecule has 1 amide bonds. The van der Waals surface area contributed by atoms with Crippen LogP contribution in [0.1, 0.15) is 22.5 Å². The summed E-state index contributed by atoms with van der Waals surface area (Å²) in [5.74, 6) is -0.236. The third-order valence-corrected chi connectivity index (χ3v) is 5.30. The number of nitrogens with one attached hydrogen (secondary N) is 1. The van der Waals surface area contributed by atoms with E-state index >= 15 is 0 Å².